The Hall–Kier alpha value is -1.93. The van der Waals surface area contributed by atoms with Crippen LogP contribution < -0.4 is 4.74 Å². The van der Waals surface area contributed by atoms with E-state index in [1.807, 2.05) is 31.2 Å². The molecule has 1 unspecified atom stereocenters. The molecule has 6 nitrogen and oxygen atoms in total. The summed E-state index contributed by atoms with van der Waals surface area (Å²) < 4.78 is 28.5. The predicted octanol–water partition coefficient (Wildman–Crippen LogP) is 2.47. The van der Waals surface area contributed by atoms with Crippen molar-refractivity contribution in [1.82, 2.24) is 9.88 Å². The topological polar surface area (TPSA) is 76.6 Å². The maximum atomic E-state index is 12.8. The second kappa shape index (κ2) is 7.13. The zero-order valence-electron chi connectivity index (χ0n) is 14.1. The van der Waals surface area contributed by atoms with Crippen LogP contribution >= 0.6 is 11.3 Å². The third-order valence-electron chi connectivity index (χ3n) is 4.31. The molecule has 1 atom stereocenters. The summed E-state index contributed by atoms with van der Waals surface area (Å²) in [6.45, 7) is 2.33. The van der Waals surface area contributed by atoms with Crippen molar-refractivity contribution < 1.29 is 17.9 Å². The molecular weight excluding hydrogens is 360 g/mol. The number of ether oxygens (including phenoxy) is 1. The molecule has 8 heteroatoms. The monoisotopic (exact) mass is 380 g/mol. The van der Waals surface area contributed by atoms with Crippen LogP contribution in [0, 0.1) is 0 Å². The molecule has 2 heterocycles. The zero-order valence-corrected chi connectivity index (χ0v) is 15.8. The van der Waals surface area contributed by atoms with Gasteiger partial charge in [-0.15, -0.1) is 11.3 Å². The van der Waals surface area contributed by atoms with Crippen molar-refractivity contribution in [2.24, 2.45) is 0 Å². The van der Waals surface area contributed by atoms with Crippen molar-refractivity contribution in [2.75, 3.05) is 25.2 Å². The minimum atomic E-state index is -3.03. The van der Waals surface area contributed by atoms with Gasteiger partial charge in [0.05, 0.1) is 18.6 Å². The first-order valence-electron chi connectivity index (χ1n) is 8.05. The smallest absolute Gasteiger partial charge is 0.273 e. The Balaban J connectivity index is 1.79. The van der Waals surface area contributed by atoms with Gasteiger partial charge in [-0.3, -0.25) is 4.79 Å². The number of methoxy groups -OCH3 is 1. The quantitative estimate of drug-likeness (QED) is 0.796. The molecule has 0 bridgehead atoms. The number of carbonyl (C=O) groups is 1. The van der Waals surface area contributed by atoms with Crippen molar-refractivity contribution in [3.63, 3.8) is 0 Å². The minimum absolute atomic E-state index is 0.0437. The SMILES string of the molecule is CCN(C(=O)c1csc(-c2ccc(OC)cc2)n1)C1CCS(=O)(=O)C1. The lowest BCUT2D eigenvalue weighted by atomic mass is 10.2. The Morgan fingerprint density at radius 1 is 1.36 bits per heavy atom. The van der Waals surface area contributed by atoms with Crippen LogP contribution in [0.1, 0.15) is 23.8 Å². The van der Waals surface area contributed by atoms with Gasteiger partial charge in [0, 0.05) is 23.5 Å². The summed E-state index contributed by atoms with van der Waals surface area (Å²) >= 11 is 1.40. The molecule has 0 aliphatic carbocycles. The Morgan fingerprint density at radius 3 is 2.64 bits per heavy atom. The van der Waals surface area contributed by atoms with Crippen LogP contribution in [0.5, 0.6) is 5.75 Å². The van der Waals surface area contributed by atoms with E-state index in [1.54, 1.807) is 17.4 Å². The molecule has 0 N–H and O–H groups in total. The van der Waals surface area contributed by atoms with Gasteiger partial charge in [-0.2, -0.15) is 0 Å². The van der Waals surface area contributed by atoms with Gasteiger partial charge >= 0.3 is 0 Å². The summed E-state index contributed by atoms with van der Waals surface area (Å²) in [6, 6.07) is 7.23. The van der Waals surface area contributed by atoms with Gasteiger partial charge < -0.3 is 9.64 Å². The van der Waals surface area contributed by atoms with E-state index in [9.17, 15) is 13.2 Å². The molecule has 2 aromatic rings. The van der Waals surface area contributed by atoms with Crippen LogP contribution in [0.3, 0.4) is 0 Å². The largest absolute Gasteiger partial charge is 0.497 e. The minimum Gasteiger partial charge on any atom is -0.497 e. The first-order chi connectivity index (χ1) is 11.9. The van der Waals surface area contributed by atoms with E-state index < -0.39 is 9.84 Å². The fraction of sp³-hybridized carbons (Fsp3) is 0.412. The Morgan fingerprint density at radius 2 is 2.08 bits per heavy atom. The molecule has 1 saturated heterocycles. The fourth-order valence-corrected chi connectivity index (χ4v) is 5.50. The van der Waals surface area contributed by atoms with Gasteiger partial charge in [-0.25, -0.2) is 13.4 Å². The predicted molar refractivity (Wildman–Crippen MR) is 97.9 cm³/mol. The highest BCUT2D eigenvalue weighted by atomic mass is 32.2. The maximum absolute atomic E-state index is 12.8. The number of rotatable bonds is 5. The molecule has 1 aliphatic heterocycles. The number of carbonyl (C=O) groups excluding carboxylic acids is 1. The van der Waals surface area contributed by atoms with E-state index in [0.717, 1.165) is 16.3 Å². The van der Waals surface area contributed by atoms with E-state index in [4.69, 9.17) is 4.74 Å². The van der Waals surface area contributed by atoms with Crippen LogP contribution in [0.25, 0.3) is 10.6 Å². The number of sulfone groups is 1. The number of amides is 1. The normalized spacial score (nSPS) is 18.9. The van der Waals surface area contributed by atoms with E-state index in [2.05, 4.69) is 4.98 Å². The van der Waals surface area contributed by atoms with Gasteiger partial charge in [0.15, 0.2) is 9.84 Å². The van der Waals surface area contributed by atoms with Crippen molar-refractivity contribution in [2.45, 2.75) is 19.4 Å². The van der Waals surface area contributed by atoms with Crippen LogP contribution in [-0.2, 0) is 9.84 Å². The number of hydrogen-bond acceptors (Lipinski definition) is 6. The van der Waals surface area contributed by atoms with Gasteiger partial charge in [0.2, 0.25) is 0 Å². The van der Waals surface area contributed by atoms with Crippen LogP contribution in [-0.4, -0.2) is 55.4 Å². The Bertz CT molecular complexity index is 859. The molecule has 1 aromatic carbocycles. The number of thiazole rings is 1. The summed E-state index contributed by atoms with van der Waals surface area (Å²) in [7, 11) is -1.43. The lowest BCUT2D eigenvalue weighted by Crippen LogP contribution is -2.41. The number of nitrogens with zero attached hydrogens (tertiary/aromatic N) is 2. The summed E-state index contributed by atoms with van der Waals surface area (Å²) in [5, 5.41) is 2.48. The van der Waals surface area contributed by atoms with E-state index in [0.29, 0.717) is 18.7 Å². The van der Waals surface area contributed by atoms with Gasteiger partial charge in [-0.05, 0) is 37.6 Å². The molecular formula is C17H20N2O4S2. The Labute approximate surface area is 151 Å². The highest BCUT2D eigenvalue weighted by molar-refractivity contribution is 7.91. The van der Waals surface area contributed by atoms with Crippen molar-refractivity contribution in [3.8, 4) is 16.3 Å². The second-order valence-corrected chi connectivity index (χ2v) is 9.00. The number of benzene rings is 1. The van der Waals surface area contributed by atoms with Crippen LogP contribution in [0.2, 0.25) is 0 Å². The van der Waals surface area contributed by atoms with Crippen molar-refractivity contribution in [1.29, 1.82) is 0 Å². The average molecular weight is 380 g/mol. The molecule has 134 valence electrons. The number of aromatic nitrogens is 1. The van der Waals surface area contributed by atoms with E-state index in [-0.39, 0.29) is 23.5 Å². The summed E-state index contributed by atoms with van der Waals surface area (Å²) in [5.74, 6) is 0.745. The average Bonchev–Trinajstić information content (AvgIpc) is 3.22. The fourth-order valence-electron chi connectivity index (χ4n) is 2.97. The van der Waals surface area contributed by atoms with E-state index >= 15 is 0 Å². The summed E-state index contributed by atoms with van der Waals surface area (Å²) in [4.78, 5) is 18.8. The highest BCUT2D eigenvalue weighted by Gasteiger charge is 2.34. The standard InChI is InChI=1S/C17H20N2O4S2/c1-3-19(13-8-9-25(21,22)11-13)17(20)15-10-24-16(18-15)12-4-6-14(23-2)7-5-12/h4-7,10,13H,3,8-9,11H2,1-2H3. The van der Waals surface area contributed by atoms with Gasteiger partial charge in [0.1, 0.15) is 16.5 Å². The summed E-state index contributed by atoms with van der Waals surface area (Å²) in [5.41, 5.74) is 1.28. The van der Waals surface area contributed by atoms with E-state index in [1.165, 1.54) is 11.3 Å². The zero-order chi connectivity index (χ0) is 18.0. The lowest BCUT2D eigenvalue weighted by Gasteiger charge is -2.25. The van der Waals surface area contributed by atoms with Gasteiger partial charge in [0.25, 0.3) is 5.91 Å². The number of hydrogen-bond donors (Lipinski definition) is 0. The molecule has 0 saturated carbocycles. The first-order valence-corrected chi connectivity index (χ1v) is 10.7. The Kier molecular flexibility index (Phi) is 5.10. The second-order valence-electron chi connectivity index (χ2n) is 5.91. The van der Waals surface area contributed by atoms with Crippen LogP contribution in [0.15, 0.2) is 29.6 Å². The first kappa shape index (κ1) is 17.9. The van der Waals surface area contributed by atoms with Crippen molar-refractivity contribution >= 4 is 27.1 Å². The molecule has 3 rings (SSSR count). The summed E-state index contributed by atoms with van der Waals surface area (Å²) in [6.07, 6.45) is 0.497. The molecule has 1 fully saturated rings. The molecule has 25 heavy (non-hydrogen) atoms. The molecule has 1 aliphatic rings. The van der Waals surface area contributed by atoms with Crippen molar-refractivity contribution in [3.05, 3.63) is 35.3 Å². The van der Waals surface area contributed by atoms with Crippen LogP contribution in [0.4, 0.5) is 0 Å². The molecule has 0 radical (unpaired) electrons. The highest BCUT2D eigenvalue weighted by Crippen LogP contribution is 2.27. The molecule has 0 spiro atoms. The molecule has 1 aromatic heterocycles. The third kappa shape index (κ3) is 3.85. The third-order valence-corrected chi connectivity index (χ3v) is 6.95. The maximum Gasteiger partial charge on any atom is 0.273 e. The van der Waals surface area contributed by atoms with Gasteiger partial charge in [-0.1, -0.05) is 0 Å². The lowest BCUT2D eigenvalue weighted by molar-refractivity contribution is 0.0703. The molecule has 1 amide bonds.